The zero-order valence-electron chi connectivity index (χ0n) is 12.3. The fourth-order valence-electron chi connectivity index (χ4n) is 1.60. The smallest absolute Gasteiger partial charge is 0.237 e. The normalized spacial score (nSPS) is 14.2. The molecule has 0 saturated heterocycles. The van der Waals surface area contributed by atoms with Crippen molar-refractivity contribution in [1.29, 1.82) is 0 Å². The van der Waals surface area contributed by atoms with Crippen molar-refractivity contribution in [1.82, 2.24) is 5.32 Å². The van der Waals surface area contributed by atoms with Crippen LogP contribution in [0.15, 0.2) is 24.3 Å². The summed E-state index contributed by atoms with van der Waals surface area (Å²) in [6.45, 7) is 10.0. The summed E-state index contributed by atoms with van der Waals surface area (Å²) in [4.78, 5) is 0. The summed E-state index contributed by atoms with van der Waals surface area (Å²) >= 11 is 0. The van der Waals surface area contributed by atoms with E-state index in [2.05, 4.69) is 17.0 Å². The SMILES string of the molecule is CCNC(C)c1cccc(NS(=O)(=O)C(C)(C)C)c1. The first-order valence-electron chi connectivity index (χ1n) is 6.53. The topological polar surface area (TPSA) is 58.2 Å². The lowest BCUT2D eigenvalue weighted by Crippen LogP contribution is -2.33. The van der Waals surface area contributed by atoms with Crippen molar-refractivity contribution in [3.63, 3.8) is 0 Å². The Bertz CT molecular complexity index is 518. The van der Waals surface area contributed by atoms with Gasteiger partial charge in [-0.3, -0.25) is 4.72 Å². The van der Waals surface area contributed by atoms with Gasteiger partial charge in [0.25, 0.3) is 0 Å². The summed E-state index contributed by atoms with van der Waals surface area (Å²) in [5.41, 5.74) is 1.67. The maximum atomic E-state index is 12.1. The maximum absolute atomic E-state index is 12.1. The van der Waals surface area contributed by atoms with E-state index in [0.29, 0.717) is 5.69 Å². The molecule has 1 aromatic rings. The second-order valence-corrected chi connectivity index (χ2v) is 8.06. The number of nitrogens with one attached hydrogen (secondary N) is 2. The van der Waals surface area contributed by atoms with Crippen LogP contribution in [0.5, 0.6) is 0 Å². The fourth-order valence-corrected chi connectivity index (χ4v) is 2.35. The summed E-state index contributed by atoms with van der Waals surface area (Å²) < 4.78 is 26.0. The van der Waals surface area contributed by atoms with E-state index in [1.807, 2.05) is 25.1 Å². The second-order valence-electron chi connectivity index (χ2n) is 5.62. The van der Waals surface area contributed by atoms with Crippen molar-refractivity contribution in [2.24, 2.45) is 0 Å². The van der Waals surface area contributed by atoms with Crippen LogP contribution in [0, 0.1) is 0 Å². The summed E-state index contributed by atoms with van der Waals surface area (Å²) in [7, 11) is -3.38. The standard InChI is InChI=1S/C14H24N2O2S/c1-6-15-11(2)12-8-7-9-13(10-12)16-19(17,18)14(3,4)5/h7-11,15-16H,6H2,1-5H3. The van der Waals surface area contributed by atoms with E-state index < -0.39 is 14.8 Å². The first-order chi connectivity index (χ1) is 8.67. The monoisotopic (exact) mass is 284 g/mol. The molecule has 0 saturated carbocycles. The average Bonchev–Trinajstić information content (AvgIpc) is 2.27. The van der Waals surface area contributed by atoms with Crippen LogP contribution < -0.4 is 10.0 Å². The summed E-state index contributed by atoms with van der Waals surface area (Å²) in [6.07, 6.45) is 0. The van der Waals surface area contributed by atoms with Crippen molar-refractivity contribution in [2.75, 3.05) is 11.3 Å². The molecule has 0 fully saturated rings. The Labute approximate surface area is 116 Å². The van der Waals surface area contributed by atoms with Crippen molar-refractivity contribution in [3.05, 3.63) is 29.8 Å². The van der Waals surface area contributed by atoms with Crippen LogP contribution >= 0.6 is 0 Å². The quantitative estimate of drug-likeness (QED) is 0.874. The molecule has 0 aromatic heterocycles. The lowest BCUT2D eigenvalue weighted by Gasteiger charge is -2.21. The summed E-state index contributed by atoms with van der Waals surface area (Å²) in [5.74, 6) is 0. The van der Waals surface area contributed by atoms with Crippen LogP contribution in [-0.2, 0) is 10.0 Å². The first-order valence-corrected chi connectivity index (χ1v) is 8.01. The molecule has 1 rings (SSSR count). The molecule has 0 amide bonds. The molecule has 0 heterocycles. The van der Waals surface area contributed by atoms with Gasteiger partial charge >= 0.3 is 0 Å². The molecule has 2 N–H and O–H groups in total. The molecule has 0 bridgehead atoms. The molecule has 4 nitrogen and oxygen atoms in total. The Balaban J connectivity index is 2.96. The van der Waals surface area contributed by atoms with E-state index in [1.54, 1.807) is 26.8 Å². The van der Waals surface area contributed by atoms with E-state index in [-0.39, 0.29) is 6.04 Å². The van der Waals surface area contributed by atoms with Crippen LogP contribution in [0.3, 0.4) is 0 Å². The molecule has 19 heavy (non-hydrogen) atoms. The van der Waals surface area contributed by atoms with Gasteiger partial charge in [-0.25, -0.2) is 8.42 Å². The highest BCUT2D eigenvalue weighted by atomic mass is 32.2. The Morgan fingerprint density at radius 2 is 1.89 bits per heavy atom. The van der Waals surface area contributed by atoms with Crippen molar-refractivity contribution in [3.8, 4) is 0 Å². The number of rotatable bonds is 5. The average molecular weight is 284 g/mol. The summed E-state index contributed by atoms with van der Waals surface area (Å²) in [6, 6.07) is 7.69. The highest BCUT2D eigenvalue weighted by molar-refractivity contribution is 7.94. The van der Waals surface area contributed by atoms with Crippen LogP contribution in [0.4, 0.5) is 5.69 Å². The maximum Gasteiger partial charge on any atom is 0.237 e. The molecule has 0 aliphatic rings. The predicted octanol–water partition coefficient (Wildman–Crippen LogP) is 2.90. The molecule has 108 valence electrons. The third-order valence-electron chi connectivity index (χ3n) is 2.96. The van der Waals surface area contributed by atoms with Gasteiger partial charge in [-0.15, -0.1) is 0 Å². The van der Waals surface area contributed by atoms with E-state index in [0.717, 1.165) is 12.1 Å². The molecular formula is C14H24N2O2S. The molecule has 1 atom stereocenters. The van der Waals surface area contributed by atoms with E-state index in [1.165, 1.54) is 0 Å². The van der Waals surface area contributed by atoms with Crippen molar-refractivity contribution >= 4 is 15.7 Å². The molecule has 1 unspecified atom stereocenters. The summed E-state index contributed by atoms with van der Waals surface area (Å²) in [5, 5.41) is 3.30. The van der Waals surface area contributed by atoms with Gasteiger partial charge in [0.1, 0.15) is 0 Å². The van der Waals surface area contributed by atoms with E-state index >= 15 is 0 Å². The zero-order valence-corrected chi connectivity index (χ0v) is 13.1. The Hall–Kier alpha value is -1.07. The minimum absolute atomic E-state index is 0.198. The molecule has 1 aromatic carbocycles. The van der Waals surface area contributed by atoms with Gasteiger partial charge in [0.2, 0.25) is 10.0 Å². The van der Waals surface area contributed by atoms with Crippen LogP contribution in [0.1, 0.15) is 46.2 Å². The van der Waals surface area contributed by atoms with Gasteiger partial charge in [-0.1, -0.05) is 19.1 Å². The van der Waals surface area contributed by atoms with Gasteiger partial charge in [0.05, 0.1) is 4.75 Å². The number of hydrogen-bond donors (Lipinski definition) is 2. The largest absolute Gasteiger partial charge is 0.310 e. The zero-order chi connectivity index (χ0) is 14.7. The Morgan fingerprint density at radius 3 is 2.42 bits per heavy atom. The van der Waals surface area contributed by atoms with Gasteiger partial charge < -0.3 is 5.32 Å². The molecule has 0 spiro atoms. The third-order valence-corrected chi connectivity index (χ3v) is 5.07. The number of sulfonamides is 1. The van der Waals surface area contributed by atoms with Gasteiger partial charge in [0.15, 0.2) is 0 Å². The second kappa shape index (κ2) is 5.92. The van der Waals surface area contributed by atoms with Crippen LogP contribution in [-0.4, -0.2) is 19.7 Å². The van der Waals surface area contributed by atoms with Gasteiger partial charge in [0, 0.05) is 11.7 Å². The van der Waals surface area contributed by atoms with Gasteiger partial charge in [-0.05, 0) is 51.9 Å². The van der Waals surface area contributed by atoms with Gasteiger partial charge in [-0.2, -0.15) is 0 Å². The van der Waals surface area contributed by atoms with Crippen LogP contribution in [0.2, 0.25) is 0 Å². The predicted molar refractivity (Wildman–Crippen MR) is 80.8 cm³/mol. The highest BCUT2D eigenvalue weighted by Crippen LogP contribution is 2.22. The number of anilines is 1. The Morgan fingerprint density at radius 1 is 1.26 bits per heavy atom. The third kappa shape index (κ3) is 4.21. The molecule has 0 radical (unpaired) electrons. The van der Waals surface area contributed by atoms with E-state index in [4.69, 9.17) is 0 Å². The first kappa shape index (κ1) is 16.0. The fraction of sp³-hybridized carbons (Fsp3) is 0.571. The van der Waals surface area contributed by atoms with Crippen LogP contribution in [0.25, 0.3) is 0 Å². The van der Waals surface area contributed by atoms with Crippen molar-refractivity contribution < 1.29 is 8.42 Å². The lowest BCUT2D eigenvalue weighted by atomic mass is 10.1. The molecule has 5 heteroatoms. The minimum atomic E-state index is -3.38. The van der Waals surface area contributed by atoms with Crippen molar-refractivity contribution in [2.45, 2.75) is 45.4 Å². The molecule has 0 aliphatic heterocycles. The number of benzene rings is 1. The number of hydrogen-bond acceptors (Lipinski definition) is 3. The van der Waals surface area contributed by atoms with E-state index in [9.17, 15) is 8.42 Å². The molecular weight excluding hydrogens is 260 g/mol. The molecule has 0 aliphatic carbocycles. The lowest BCUT2D eigenvalue weighted by molar-refractivity contribution is 0.566. The highest BCUT2D eigenvalue weighted by Gasteiger charge is 2.28. The minimum Gasteiger partial charge on any atom is -0.310 e. The Kier molecular flexibility index (Phi) is 4.98.